The lowest BCUT2D eigenvalue weighted by molar-refractivity contribution is 0.370. The number of aliphatic imine (C=N–C) groups is 1. The molecular weight excluding hydrogens is 529 g/mol. The second kappa shape index (κ2) is 34.0. The molecule has 0 amide bonds. The van der Waals surface area contributed by atoms with Crippen molar-refractivity contribution in [1.29, 1.82) is 0 Å². The summed E-state index contributed by atoms with van der Waals surface area (Å²) in [6.07, 6.45) is 44.3. The molecule has 41 heavy (non-hydrogen) atoms. The molecule has 0 saturated carbocycles. The van der Waals surface area contributed by atoms with Crippen molar-refractivity contribution in [2.24, 2.45) is 4.99 Å². The lowest BCUT2D eigenvalue weighted by atomic mass is 10.0. The third-order valence-electron chi connectivity index (χ3n) is 8.53. The van der Waals surface area contributed by atoms with Gasteiger partial charge in [-0.2, -0.15) is 0 Å². The molecule has 0 aromatic rings. The average Bonchev–Trinajstić information content (AvgIpc) is 2.94. The second-order valence-electron chi connectivity index (χ2n) is 12.7. The van der Waals surface area contributed by atoms with Crippen LogP contribution in [0.3, 0.4) is 0 Å². The Morgan fingerprint density at radius 2 is 0.561 bits per heavy atom. The van der Waals surface area contributed by atoms with Crippen molar-refractivity contribution < 1.29 is 19.1 Å². The molecule has 0 atom stereocenters. The first-order chi connectivity index (χ1) is 20.1. The average molecular weight is 600 g/mol. The number of unbranched alkanes of at least 4 members (excludes halogenated alkanes) is 31. The van der Waals surface area contributed by atoms with Crippen molar-refractivity contribution in [3.63, 3.8) is 0 Å². The fourth-order valence-electron chi connectivity index (χ4n) is 5.86. The van der Waals surface area contributed by atoms with Crippen molar-refractivity contribution in [3.05, 3.63) is 0 Å². The molecule has 0 saturated heterocycles. The topological polar surface area (TPSA) is 87.0 Å². The van der Waals surface area contributed by atoms with Crippen LogP contribution < -0.4 is 0 Å². The van der Waals surface area contributed by atoms with Crippen molar-refractivity contribution in [3.8, 4) is 0 Å². The number of isocyanates is 1. The number of nitrogens with zero attached hydrogens (tertiary/aromatic N) is 1. The Balaban J connectivity index is 3.06. The Kier molecular flexibility index (Phi) is 33.6. The van der Waals surface area contributed by atoms with Crippen molar-refractivity contribution in [2.45, 2.75) is 205 Å². The van der Waals surface area contributed by atoms with Gasteiger partial charge >= 0.3 is 7.60 Å². The number of hydrogen-bond donors (Lipinski definition) is 2. The van der Waals surface area contributed by atoms with Crippen LogP contribution in [-0.2, 0) is 9.36 Å². The molecular formula is C35H70NO4P. The highest BCUT2D eigenvalue weighted by atomic mass is 31.2. The molecule has 0 aliphatic rings. The highest BCUT2D eigenvalue weighted by molar-refractivity contribution is 7.51. The second-order valence-corrected chi connectivity index (χ2v) is 14.5. The summed E-state index contributed by atoms with van der Waals surface area (Å²) < 4.78 is 10.8. The minimum absolute atomic E-state index is 0.0565. The smallest absolute Gasteiger partial charge is 0.324 e. The van der Waals surface area contributed by atoms with E-state index in [0.717, 1.165) is 19.3 Å². The normalized spacial score (nSPS) is 11.7. The van der Waals surface area contributed by atoms with Crippen molar-refractivity contribution >= 4 is 13.7 Å². The van der Waals surface area contributed by atoms with E-state index in [9.17, 15) is 9.36 Å². The van der Waals surface area contributed by atoms with Crippen molar-refractivity contribution in [2.75, 3.05) is 12.7 Å². The predicted molar refractivity (Wildman–Crippen MR) is 178 cm³/mol. The monoisotopic (exact) mass is 600 g/mol. The Morgan fingerprint density at radius 1 is 0.366 bits per heavy atom. The first-order valence-electron chi connectivity index (χ1n) is 18.1. The van der Waals surface area contributed by atoms with E-state index in [1.54, 1.807) is 6.08 Å². The summed E-state index contributed by atoms with van der Waals surface area (Å²) in [6, 6.07) is 0. The fourth-order valence-corrected chi connectivity index (χ4v) is 6.49. The lowest BCUT2D eigenvalue weighted by Crippen LogP contribution is -1.88. The largest absolute Gasteiger partial charge is 0.325 e. The van der Waals surface area contributed by atoms with Crippen LogP contribution >= 0.6 is 7.60 Å². The Bertz CT molecular complexity index is 603. The van der Waals surface area contributed by atoms with Gasteiger partial charge in [-0.15, -0.1) is 0 Å². The van der Waals surface area contributed by atoms with E-state index < -0.39 is 7.60 Å². The molecule has 6 heteroatoms. The maximum atomic E-state index is 10.8. The van der Waals surface area contributed by atoms with E-state index in [4.69, 9.17) is 9.79 Å². The molecule has 0 fully saturated rings. The van der Waals surface area contributed by atoms with Gasteiger partial charge in [-0.3, -0.25) is 4.57 Å². The molecule has 0 spiro atoms. The standard InChI is InChI=1S/C35H70NO4P/c37-35-36-33-31-29-27-25-23-21-19-17-15-13-11-9-7-5-3-1-2-4-6-8-10-12-14-16-18-20-22-24-26-28-30-32-34-41(38,39)40/h1-34H2,(H2,38,39,40). The zero-order valence-corrected chi connectivity index (χ0v) is 28.0. The summed E-state index contributed by atoms with van der Waals surface area (Å²) in [5.41, 5.74) is 0. The first-order valence-corrected chi connectivity index (χ1v) is 19.9. The van der Waals surface area contributed by atoms with Crippen LogP contribution in [0.15, 0.2) is 4.99 Å². The van der Waals surface area contributed by atoms with E-state index in [1.807, 2.05) is 0 Å². The summed E-state index contributed by atoms with van der Waals surface area (Å²) in [5, 5.41) is 0. The third kappa shape index (κ3) is 39.5. The van der Waals surface area contributed by atoms with E-state index in [2.05, 4.69) is 4.99 Å². The lowest BCUT2D eigenvalue weighted by Gasteiger charge is -2.05. The van der Waals surface area contributed by atoms with Gasteiger partial charge in [0.15, 0.2) is 0 Å². The van der Waals surface area contributed by atoms with Gasteiger partial charge in [0.05, 0.1) is 6.54 Å². The highest BCUT2D eigenvalue weighted by Crippen LogP contribution is 2.35. The van der Waals surface area contributed by atoms with Crippen LogP contribution in [0.25, 0.3) is 0 Å². The molecule has 0 heterocycles. The predicted octanol–water partition coefficient (Wildman–Crippen LogP) is 12.0. The quantitative estimate of drug-likeness (QED) is 0.0328. The van der Waals surface area contributed by atoms with Gasteiger partial charge in [0, 0.05) is 6.16 Å². The van der Waals surface area contributed by atoms with E-state index in [-0.39, 0.29) is 6.16 Å². The molecule has 0 unspecified atom stereocenters. The molecule has 0 aromatic carbocycles. The molecule has 0 aromatic heterocycles. The van der Waals surface area contributed by atoms with Crippen LogP contribution in [0.4, 0.5) is 0 Å². The summed E-state index contributed by atoms with van der Waals surface area (Å²) in [5.74, 6) is 0. The van der Waals surface area contributed by atoms with Crippen LogP contribution in [0.1, 0.15) is 205 Å². The van der Waals surface area contributed by atoms with Gasteiger partial charge in [-0.25, -0.2) is 9.79 Å². The van der Waals surface area contributed by atoms with Gasteiger partial charge < -0.3 is 9.79 Å². The Morgan fingerprint density at radius 3 is 0.756 bits per heavy atom. The fraction of sp³-hybridized carbons (Fsp3) is 0.971. The van der Waals surface area contributed by atoms with Gasteiger partial charge in [0.1, 0.15) is 0 Å². The molecule has 0 rings (SSSR count). The van der Waals surface area contributed by atoms with E-state index in [0.29, 0.717) is 13.0 Å². The zero-order chi connectivity index (χ0) is 30.0. The summed E-state index contributed by atoms with van der Waals surface area (Å²) >= 11 is 0. The summed E-state index contributed by atoms with van der Waals surface area (Å²) in [7, 11) is -3.78. The number of rotatable bonds is 35. The van der Waals surface area contributed by atoms with E-state index in [1.165, 1.54) is 180 Å². The molecule has 0 bridgehead atoms. The molecule has 0 aliphatic heterocycles. The number of hydrogen-bond acceptors (Lipinski definition) is 3. The summed E-state index contributed by atoms with van der Waals surface area (Å²) in [6.45, 7) is 0.660. The van der Waals surface area contributed by atoms with E-state index >= 15 is 0 Å². The molecule has 0 radical (unpaired) electrons. The van der Waals surface area contributed by atoms with Crippen LogP contribution in [-0.4, -0.2) is 28.6 Å². The minimum Gasteiger partial charge on any atom is -0.324 e. The van der Waals surface area contributed by atoms with Crippen molar-refractivity contribution in [1.82, 2.24) is 0 Å². The van der Waals surface area contributed by atoms with Crippen LogP contribution in [0.5, 0.6) is 0 Å². The molecule has 0 aliphatic carbocycles. The maximum absolute atomic E-state index is 10.8. The SMILES string of the molecule is O=C=NCCCCCCCCCCCCCCCCCCCCCCCCCCCCCCCCCCP(=O)(O)O. The Hall–Kier alpha value is -0.470. The van der Waals surface area contributed by atoms with Gasteiger partial charge in [-0.05, 0) is 12.8 Å². The number of carbonyl (C=O) groups excluding carboxylic acids is 1. The van der Waals surface area contributed by atoms with Crippen LogP contribution in [0, 0.1) is 0 Å². The summed E-state index contributed by atoms with van der Waals surface area (Å²) in [4.78, 5) is 31.3. The molecule has 5 nitrogen and oxygen atoms in total. The Labute approximate surface area is 255 Å². The first kappa shape index (κ1) is 40.5. The van der Waals surface area contributed by atoms with Crippen LogP contribution in [0.2, 0.25) is 0 Å². The highest BCUT2D eigenvalue weighted by Gasteiger charge is 2.10. The minimum atomic E-state index is -3.78. The molecule has 244 valence electrons. The third-order valence-corrected chi connectivity index (χ3v) is 9.43. The molecule has 2 N–H and O–H groups in total. The zero-order valence-electron chi connectivity index (χ0n) is 27.1. The van der Waals surface area contributed by atoms with Gasteiger partial charge in [-0.1, -0.05) is 193 Å². The van der Waals surface area contributed by atoms with Gasteiger partial charge in [0.25, 0.3) is 0 Å². The maximum Gasteiger partial charge on any atom is 0.325 e. The van der Waals surface area contributed by atoms with Gasteiger partial charge in [0.2, 0.25) is 6.08 Å².